The third-order valence-electron chi connectivity index (χ3n) is 2.82. The zero-order chi connectivity index (χ0) is 13.3. The number of benzene rings is 1. The van der Waals surface area contributed by atoms with Gasteiger partial charge < -0.3 is 10.5 Å². The summed E-state index contributed by atoms with van der Waals surface area (Å²) in [6.07, 6.45) is 0. The Labute approximate surface area is 112 Å². The molecule has 0 radical (unpaired) electrons. The lowest BCUT2D eigenvalue weighted by atomic mass is 9.86. The number of hydrogen-bond donors (Lipinski definition) is 1. The van der Waals surface area contributed by atoms with Crippen LogP contribution in [0.15, 0.2) is 23.6 Å². The summed E-state index contributed by atoms with van der Waals surface area (Å²) in [7, 11) is 1.67. The van der Waals surface area contributed by atoms with Crippen LogP contribution in [0.2, 0.25) is 0 Å². The second-order valence-electron chi connectivity index (χ2n) is 5.24. The number of nitrogens with two attached hydrogens (primary N) is 1. The highest BCUT2D eigenvalue weighted by atomic mass is 32.1. The van der Waals surface area contributed by atoms with E-state index in [1.807, 2.05) is 11.4 Å². The summed E-state index contributed by atoms with van der Waals surface area (Å²) in [5.41, 5.74) is 8.05. The van der Waals surface area contributed by atoms with Crippen LogP contribution in [-0.2, 0) is 5.41 Å². The van der Waals surface area contributed by atoms with Gasteiger partial charge >= 0.3 is 0 Å². The summed E-state index contributed by atoms with van der Waals surface area (Å²) in [6.45, 7) is 6.57. The monoisotopic (exact) mass is 262 g/mol. The SMILES string of the molecule is COc1ccc(C(C)(C)C)cc1-c1nc(N)cs1. The van der Waals surface area contributed by atoms with Crippen LogP contribution in [0.1, 0.15) is 26.3 Å². The molecule has 1 aromatic carbocycles. The molecule has 1 heterocycles. The van der Waals surface area contributed by atoms with E-state index in [0.29, 0.717) is 5.82 Å². The van der Waals surface area contributed by atoms with Crippen LogP contribution in [-0.4, -0.2) is 12.1 Å². The van der Waals surface area contributed by atoms with Crippen LogP contribution in [0.3, 0.4) is 0 Å². The maximum atomic E-state index is 5.69. The average Bonchev–Trinajstić information content (AvgIpc) is 2.73. The fraction of sp³-hybridized carbons (Fsp3) is 0.357. The number of nitrogen functional groups attached to an aromatic ring is 1. The predicted molar refractivity (Wildman–Crippen MR) is 77.2 cm³/mol. The van der Waals surface area contributed by atoms with E-state index in [2.05, 4.69) is 37.9 Å². The molecule has 0 spiro atoms. The Balaban J connectivity index is 2.56. The van der Waals surface area contributed by atoms with Crippen LogP contribution >= 0.6 is 11.3 Å². The molecule has 2 rings (SSSR count). The fourth-order valence-electron chi connectivity index (χ4n) is 1.75. The summed E-state index contributed by atoms with van der Waals surface area (Å²) in [4.78, 5) is 4.33. The van der Waals surface area contributed by atoms with Gasteiger partial charge in [0.25, 0.3) is 0 Å². The van der Waals surface area contributed by atoms with Gasteiger partial charge in [0, 0.05) is 5.38 Å². The number of rotatable bonds is 2. The molecular weight excluding hydrogens is 244 g/mol. The van der Waals surface area contributed by atoms with E-state index < -0.39 is 0 Å². The number of methoxy groups -OCH3 is 1. The first kappa shape index (κ1) is 12.9. The average molecular weight is 262 g/mol. The molecule has 0 fully saturated rings. The molecule has 4 heteroatoms. The molecule has 3 nitrogen and oxygen atoms in total. The van der Waals surface area contributed by atoms with Gasteiger partial charge in [0.1, 0.15) is 16.6 Å². The van der Waals surface area contributed by atoms with Crippen LogP contribution in [0.4, 0.5) is 5.82 Å². The van der Waals surface area contributed by atoms with Crippen molar-refractivity contribution in [3.8, 4) is 16.3 Å². The van der Waals surface area contributed by atoms with E-state index >= 15 is 0 Å². The smallest absolute Gasteiger partial charge is 0.135 e. The molecule has 0 aliphatic rings. The first-order valence-corrected chi connectivity index (χ1v) is 6.69. The van der Waals surface area contributed by atoms with Crippen molar-refractivity contribution in [3.05, 3.63) is 29.1 Å². The number of anilines is 1. The van der Waals surface area contributed by atoms with E-state index in [4.69, 9.17) is 10.5 Å². The molecule has 18 heavy (non-hydrogen) atoms. The summed E-state index contributed by atoms with van der Waals surface area (Å²) >= 11 is 1.54. The van der Waals surface area contributed by atoms with Gasteiger partial charge in [0.05, 0.1) is 12.7 Å². The molecule has 0 unspecified atom stereocenters. The van der Waals surface area contributed by atoms with Crippen molar-refractivity contribution in [2.45, 2.75) is 26.2 Å². The molecule has 0 saturated carbocycles. The Morgan fingerprint density at radius 1 is 1.28 bits per heavy atom. The summed E-state index contributed by atoms with van der Waals surface area (Å²) in [5.74, 6) is 1.38. The molecular formula is C14H18N2OS. The Hall–Kier alpha value is -1.55. The van der Waals surface area contributed by atoms with Gasteiger partial charge in [-0.15, -0.1) is 11.3 Å². The van der Waals surface area contributed by atoms with Crippen LogP contribution in [0.25, 0.3) is 10.6 Å². The molecule has 0 aliphatic heterocycles. The minimum absolute atomic E-state index is 0.101. The number of aromatic nitrogens is 1. The maximum absolute atomic E-state index is 5.69. The van der Waals surface area contributed by atoms with Crippen LogP contribution in [0, 0.1) is 0 Å². The highest BCUT2D eigenvalue weighted by molar-refractivity contribution is 7.13. The second-order valence-corrected chi connectivity index (χ2v) is 6.10. The normalized spacial score (nSPS) is 11.6. The van der Waals surface area contributed by atoms with Gasteiger partial charge in [-0.05, 0) is 23.1 Å². The third kappa shape index (κ3) is 2.48. The second kappa shape index (κ2) is 4.61. The van der Waals surface area contributed by atoms with Crippen molar-refractivity contribution in [1.82, 2.24) is 4.98 Å². The zero-order valence-corrected chi connectivity index (χ0v) is 12.0. The van der Waals surface area contributed by atoms with E-state index in [-0.39, 0.29) is 5.41 Å². The van der Waals surface area contributed by atoms with Crippen LogP contribution in [0.5, 0.6) is 5.75 Å². The third-order valence-corrected chi connectivity index (χ3v) is 3.71. The molecule has 2 aromatic rings. The number of ether oxygens (including phenoxy) is 1. The molecule has 0 bridgehead atoms. The lowest BCUT2D eigenvalue weighted by Gasteiger charge is -2.20. The minimum atomic E-state index is 0.101. The van der Waals surface area contributed by atoms with E-state index in [9.17, 15) is 0 Å². The van der Waals surface area contributed by atoms with Crippen molar-refractivity contribution >= 4 is 17.2 Å². The minimum Gasteiger partial charge on any atom is -0.496 e. The van der Waals surface area contributed by atoms with Crippen molar-refractivity contribution in [2.75, 3.05) is 12.8 Å². The molecule has 2 N–H and O–H groups in total. The van der Waals surface area contributed by atoms with Gasteiger partial charge in [-0.25, -0.2) is 4.98 Å². The number of nitrogens with zero attached hydrogens (tertiary/aromatic N) is 1. The summed E-state index contributed by atoms with van der Waals surface area (Å²) in [5, 5.41) is 2.74. The van der Waals surface area contributed by atoms with Crippen molar-refractivity contribution in [3.63, 3.8) is 0 Å². The molecule has 1 aromatic heterocycles. The Morgan fingerprint density at radius 2 is 2.00 bits per heavy atom. The van der Waals surface area contributed by atoms with Gasteiger partial charge in [-0.1, -0.05) is 26.8 Å². The molecule has 96 valence electrons. The lowest BCUT2D eigenvalue weighted by Crippen LogP contribution is -2.11. The molecule has 0 amide bonds. The van der Waals surface area contributed by atoms with E-state index in [1.165, 1.54) is 16.9 Å². The summed E-state index contributed by atoms with van der Waals surface area (Å²) < 4.78 is 5.40. The first-order valence-electron chi connectivity index (χ1n) is 5.81. The zero-order valence-electron chi connectivity index (χ0n) is 11.2. The maximum Gasteiger partial charge on any atom is 0.135 e. The summed E-state index contributed by atoms with van der Waals surface area (Å²) in [6, 6.07) is 6.23. The Bertz CT molecular complexity index is 555. The Kier molecular flexibility index (Phi) is 3.30. The topological polar surface area (TPSA) is 48.1 Å². The van der Waals surface area contributed by atoms with Gasteiger partial charge in [0.15, 0.2) is 0 Å². The standard InChI is InChI=1S/C14H18N2OS/c1-14(2,3)9-5-6-11(17-4)10(7-9)13-16-12(15)8-18-13/h5-8H,15H2,1-4H3. The molecule has 0 aliphatic carbocycles. The largest absolute Gasteiger partial charge is 0.496 e. The van der Waals surface area contributed by atoms with Gasteiger partial charge in [-0.3, -0.25) is 0 Å². The van der Waals surface area contributed by atoms with Gasteiger partial charge in [0.2, 0.25) is 0 Å². The number of thiazole rings is 1. The van der Waals surface area contributed by atoms with Crippen molar-refractivity contribution in [2.24, 2.45) is 0 Å². The first-order chi connectivity index (χ1) is 8.41. The fourth-order valence-corrected chi connectivity index (χ4v) is 2.48. The van der Waals surface area contributed by atoms with Crippen molar-refractivity contribution in [1.29, 1.82) is 0 Å². The lowest BCUT2D eigenvalue weighted by molar-refractivity contribution is 0.416. The van der Waals surface area contributed by atoms with E-state index in [0.717, 1.165) is 16.3 Å². The highest BCUT2D eigenvalue weighted by Crippen LogP contribution is 2.36. The van der Waals surface area contributed by atoms with Crippen molar-refractivity contribution < 1.29 is 4.74 Å². The molecule has 0 atom stereocenters. The predicted octanol–water partition coefficient (Wildman–Crippen LogP) is 3.70. The number of hydrogen-bond acceptors (Lipinski definition) is 4. The van der Waals surface area contributed by atoms with Crippen LogP contribution < -0.4 is 10.5 Å². The van der Waals surface area contributed by atoms with Gasteiger partial charge in [-0.2, -0.15) is 0 Å². The van der Waals surface area contributed by atoms with E-state index in [1.54, 1.807) is 7.11 Å². The Morgan fingerprint density at radius 3 is 2.50 bits per heavy atom. The highest BCUT2D eigenvalue weighted by Gasteiger charge is 2.17. The quantitative estimate of drug-likeness (QED) is 0.897. The molecule has 0 saturated heterocycles.